The lowest BCUT2D eigenvalue weighted by Gasteiger charge is -2.32. The summed E-state index contributed by atoms with van der Waals surface area (Å²) < 4.78 is 5.56. The maximum Gasteiger partial charge on any atom is 0.423 e. The number of rotatable bonds is 2. The van der Waals surface area contributed by atoms with Crippen LogP contribution in [0.4, 0.5) is 15.3 Å². The van der Waals surface area contributed by atoms with Gasteiger partial charge >= 0.3 is 12.1 Å². The summed E-state index contributed by atoms with van der Waals surface area (Å²) >= 11 is 0. The van der Waals surface area contributed by atoms with Crippen molar-refractivity contribution in [2.45, 2.75) is 63.1 Å². The topological polar surface area (TPSA) is 65.1 Å². The Morgan fingerprint density at radius 1 is 1.21 bits per heavy atom. The molecule has 0 unspecified atom stereocenters. The molecular formula is C22H32N4O3. The second-order valence-corrected chi connectivity index (χ2v) is 9.02. The Balaban J connectivity index is 1.44. The first-order chi connectivity index (χ1) is 13.8. The van der Waals surface area contributed by atoms with Gasteiger partial charge < -0.3 is 15.0 Å². The molecule has 7 heteroatoms. The molecule has 1 aromatic carbocycles. The number of carbonyl (C=O) groups excluding carboxylic acids is 2. The number of anilines is 1. The molecule has 7 nitrogen and oxygen atoms in total. The monoisotopic (exact) mass is 400 g/mol. The number of imide groups is 1. The number of benzene rings is 1. The third-order valence-corrected chi connectivity index (χ3v) is 7.02. The summed E-state index contributed by atoms with van der Waals surface area (Å²) in [6, 6.07) is 5.54. The molecule has 1 N–H and O–H groups in total. The van der Waals surface area contributed by atoms with Crippen molar-refractivity contribution in [3.05, 3.63) is 23.8 Å². The summed E-state index contributed by atoms with van der Waals surface area (Å²) in [5.74, 6) is 0.482. The highest BCUT2D eigenvalue weighted by Gasteiger charge is 2.52. The number of nitrogens with one attached hydrogen (secondary N) is 1. The van der Waals surface area contributed by atoms with Gasteiger partial charge in [-0.2, -0.15) is 0 Å². The number of hydrogen-bond acceptors (Lipinski definition) is 5. The minimum absolute atomic E-state index is 0.00547. The van der Waals surface area contributed by atoms with E-state index in [0.717, 1.165) is 43.5 Å². The first-order valence-corrected chi connectivity index (χ1v) is 10.6. The number of ether oxygens (including phenoxy) is 1. The van der Waals surface area contributed by atoms with Gasteiger partial charge in [0.15, 0.2) is 0 Å². The maximum absolute atomic E-state index is 12.5. The molecule has 1 aromatic rings. The molecule has 4 rings (SSSR count). The molecule has 3 aliphatic rings. The summed E-state index contributed by atoms with van der Waals surface area (Å²) in [6.07, 6.45) is 6.12. The van der Waals surface area contributed by atoms with Gasteiger partial charge in [0, 0.05) is 37.8 Å². The molecule has 158 valence electrons. The molecule has 1 saturated heterocycles. The number of nitrogens with zero attached hydrogens (tertiary/aromatic N) is 3. The van der Waals surface area contributed by atoms with Crippen LogP contribution in [0.15, 0.2) is 18.2 Å². The van der Waals surface area contributed by atoms with Gasteiger partial charge in [0.05, 0.1) is 6.17 Å². The van der Waals surface area contributed by atoms with Crippen LogP contribution in [0.2, 0.25) is 0 Å². The van der Waals surface area contributed by atoms with E-state index >= 15 is 0 Å². The predicted molar refractivity (Wildman–Crippen MR) is 112 cm³/mol. The summed E-state index contributed by atoms with van der Waals surface area (Å²) in [5.41, 5.74) is 2.38. The zero-order chi connectivity index (χ0) is 20.8. The number of urea groups is 1. The molecule has 2 aliphatic heterocycles. The van der Waals surface area contributed by atoms with Crippen molar-refractivity contribution < 1.29 is 14.3 Å². The fourth-order valence-electron chi connectivity index (χ4n) is 5.39. The van der Waals surface area contributed by atoms with E-state index in [1.54, 1.807) is 0 Å². The highest BCUT2D eigenvalue weighted by molar-refractivity contribution is 5.91. The van der Waals surface area contributed by atoms with Crippen molar-refractivity contribution in [3.63, 3.8) is 0 Å². The van der Waals surface area contributed by atoms with Crippen molar-refractivity contribution in [1.29, 1.82) is 0 Å². The van der Waals surface area contributed by atoms with E-state index in [9.17, 15) is 9.59 Å². The molecule has 0 aromatic heterocycles. The largest absolute Gasteiger partial charge is 0.423 e. The normalized spacial score (nSPS) is 26.8. The fourth-order valence-corrected chi connectivity index (χ4v) is 5.39. The van der Waals surface area contributed by atoms with Gasteiger partial charge in [-0.25, -0.2) is 14.5 Å². The molecule has 2 heterocycles. The summed E-state index contributed by atoms with van der Waals surface area (Å²) in [7, 11) is 5.73. The predicted octanol–water partition coefficient (Wildman–Crippen LogP) is 3.53. The molecule has 0 spiro atoms. The third-order valence-electron chi connectivity index (χ3n) is 7.02. The molecule has 2 fully saturated rings. The lowest BCUT2D eigenvalue weighted by atomic mass is 9.81. The zero-order valence-electron chi connectivity index (χ0n) is 17.9. The fraction of sp³-hybridized carbons (Fsp3) is 0.636. The van der Waals surface area contributed by atoms with Crippen LogP contribution < -0.4 is 15.0 Å². The molecular weight excluding hydrogens is 368 g/mol. The van der Waals surface area contributed by atoms with Gasteiger partial charge in [-0.15, -0.1) is 0 Å². The van der Waals surface area contributed by atoms with Gasteiger partial charge in [0.25, 0.3) is 0 Å². The average Bonchev–Trinajstić information content (AvgIpc) is 3.13. The van der Waals surface area contributed by atoms with Crippen LogP contribution in [0.25, 0.3) is 0 Å². The quantitative estimate of drug-likeness (QED) is 0.823. The lowest BCUT2D eigenvalue weighted by molar-refractivity contribution is 0.159. The number of amides is 3. The minimum Gasteiger partial charge on any atom is -0.410 e. The SMILES string of the molecule is CN(C(=O)NC1CCCCC1)C(=O)Oc1ccc2c(c1)[C@]1(C)CCN(C)[C@@H]1N2C. The highest BCUT2D eigenvalue weighted by atomic mass is 16.6. The number of likely N-dealkylation sites (N-methyl/N-ethyl adjacent to an activating group) is 2. The number of carbonyl (C=O) groups is 2. The second-order valence-electron chi connectivity index (χ2n) is 9.02. The standard InChI is InChI=1S/C22H32N4O3/c1-22-12-13-24(2)19(22)25(3)18-11-10-16(14-17(18)22)29-21(28)26(4)20(27)23-15-8-6-5-7-9-15/h10-11,14-15,19H,5-9,12-13H2,1-4H3,(H,23,27)/t19-,22+/m1/s1. The highest BCUT2D eigenvalue weighted by Crippen LogP contribution is 2.51. The van der Waals surface area contributed by atoms with Crippen molar-refractivity contribution in [3.8, 4) is 5.75 Å². The van der Waals surface area contributed by atoms with E-state index in [1.165, 1.54) is 24.7 Å². The average molecular weight is 401 g/mol. The molecule has 1 saturated carbocycles. The van der Waals surface area contributed by atoms with E-state index in [4.69, 9.17) is 4.74 Å². The molecule has 2 atom stereocenters. The molecule has 0 radical (unpaired) electrons. The molecule has 0 bridgehead atoms. The number of fused-ring (bicyclic) bond motifs is 3. The van der Waals surface area contributed by atoms with Crippen LogP contribution in [0.1, 0.15) is 51.0 Å². The van der Waals surface area contributed by atoms with E-state index in [-0.39, 0.29) is 11.5 Å². The second kappa shape index (κ2) is 7.52. The summed E-state index contributed by atoms with van der Waals surface area (Å²) in [6.45, 7) is 3.32. The Hall–Kier alpha value is -2.28. The van der Waals surface area contributed by atoms with Crippen LogP contribution in [-0.2, 0) is 5.41 Å². The van der Waals surface area contributed by atoms with E-state index in [1.807, 2.05) is 18.2 Å². The third kappa shape index (κ3) is 3.45. The van der Waals surface area contributed by atoms with Crippen molar-refractivity contribution in [2.24, 2.45) is 0 Å². The smallest absolute Gasteiger partial charge is 0.410 e. The first kappa shape index (κ1) is 20.0. The van der Waals surface area contributed by atoms with Crippen LogP contribution in [0.3, 0.4) is 0 Å². The van der Waals surface area contributed by atoms with Crippen molar-refractivity contribution in [2.75, 3.05) is 32.6 Å². The number of likely N-dealkylation sites (tertiary alicyclic amines) is 1. The Bertz CT molecular complexity index is 807. The van der Waals surface area contributed by atoms with E-state index < -0.39 is 12.1 Å². The van der Waals surface area contributed by atoms with Crippen LogP contribution in [0.5, 0.6) is 5.75 Å². The maximum atomic E-state index is 12.5. The summed E-state index contributed by atoms with van der Waals surface area (Å²) in [5, 5.41) is 2.95. The van der Waals surface area contributed by atoms with Gasteiger partial charge in [-0.3, -0.25) is 4.90 Å². The molecule has 29 heavy (non-hydrogen) atoms. The first-order valence-electron chi connectivity index (χ1n) is 10.6. The van der Waals surface area contributed by atoms with Crippen LogP contribution in [-0.4, -0.2) is 61.8 Å². The van der Waals surface area contributed by atoms with E-state index in [0.29, 0.717) is 11.9 Å². The minimum atomic E-state index is -0.658. The summed E-state index contributed by atoms with van der Waals surface area (Å²) in [4.78, 5) is 30.7. The molecule has 3 amide bonds. The van der Waals surface area contributed by atoms with Crippen molar-refractivity contribution >= 4 is 17.8 Å². The van der Waals surface area contributed by atoms with Crippen molar-refractivity contribution in [1.82, 2.24) is 15.1 Å². The Morgan fingerprint density at radius 3 is 2.66 bits per heavy atom. The number of hydrogen-bond donors (Lipinski definition) is 1. The van der Waals surface area contributed by atoms with Gasteiger partial charge in [0.1, 0.15) is 5.75 Å². The van der Waals surface area contributed by atoms with Crippen LogP contribution >= 0.6 is 0 Å². The Morgan fingerprint density at radius 2 is 1.93 bits per heavy atom. The van der Waals surface area contributed by atoms with Crippen LogP contribution in [0, 0.1) is 0 Å². The Kier molecular flexibility index (Phi) is 5.19. The van der Waals surface area contributed by atoms with E-state index in [2.05, 4.69) is 36.1 Å². The Labute approximate surface area is 173 Å². The van der Waals surface area contributed by atoms with Gasteiger partial charge in [-0.05, 0) is 50.1 Å². The zero-order valence-corrected chi connectivity index (χ0v) is 17.9. The molecule has 1 aliphatic carbocycles. The van der Waals surface area contributed by atoms with Gasteiger partial charge in [-0.1, -0.05) is 26.2 Å². The van der Waals surface area contributed by atoms with Gasteiger partial charge in [0.2, 0.25) is 0 Å². The lowest BCUT2D eigenvalue weighted by Crippen LogP contribution is -2.47.